The van der Waals surface area contributed by atoms with Crippen LogP contribution in [0.1, 0.15) is 43.7 Å². The van der Waals surface area contributed by atoms with E-state index in [2.05, 4.69) is 5.32 Å². The number of halogens is 1. The Hall–Kier alpha value is -3.92. The van der Waals surface area contributed by atoms with Gasteiger partial charge in [-0.05, 0) is 67.3 Å². The number of benzene rings is 3. The predicted molar refractivity (Wildman–Crippen MR) is 156 cm³/mol. The number of hydrogen-bond acceptors (Lipinski definition) is 5. The Morgan fingerprint density at radius 2 is 1.59 bits per heavy atom. The van der Waals surface area contributed by atoms with Crippen molar-refractivity contribution in [1.29, 1.82) is 0 Å². The first-order valence-corrected chi connectivity index (χ1v) is 15.5. The van der Waals surface area contributed by atoms with Crippen LogP contribution in [-0.2, 0) is 32.8 Å². The van der Waals surface area contributed by atoms with E-state index in [9.17, 15) is 22.4 Å². The van der Waals surface area contributed by atoms with Gasteiger partial charge in [0.2, 0.25) is 21.8 Å². The number of amides is 2. The van der Waals surface area contributed by atoms with Gasteiger partial charge >= 0.3 is 0 Å². The van der Waals surface area contributed by atoms with E-state index in [0.717, 1.165) is 41.8 Å². The number of nitrogens with zero attached hydrogens (tertiary/aromatic N) is 2. The van der Waals surface area contributed by atoms with E-state index < -0.39 is 34.3 Å². The van der Waals surface area contributed by atoms with Crippen molar-refractivity contribution >= 4 is 27.5 Å². The number of ether oxygens (including phenoxy) is 1. The monoisotopic (exact) mass is 581 g/mol. The minimum atomic E-state index is -3.86. The Morgan fingerprint density at radius 3 is 2.20 bits per heavy atom. The number of carbonyl (C=O) groups is 2. The molecule has 2 amide bonds. The molecule has 3 aromatic carbocycles. The van der Waals surface area contributed by atoms with Gasteiger partial charge in [0.1, 0.15) is 30.8 Å². The number of hydrogen-bond donors (Lipinski definition) is 1. The van der Waals surface area contributed by atoms with Crippen molar-refractivity contribution in [2.75, 3.05) is 17.1 Å². The first-order valence-electron chi connectivity index (χ1n) is 13.7. The fraction of sp³-hybridized carbons (Fsp3) is 0.355. The summed E-state index contributed by atoms with van der Waals surface area (Å²) in [5.41, 5.74) is 1.90. The lowest BCUT2D eigenvalue weighted by Gasteiger charge is -2.32. The molecule has 1 unspecified atom stereocenters. The van der Waals surface area contributed by atoms with Crippen LogP contribution in [0.4, 0.5) is 10.1 Å². The third-order valence-corrected chi connectivity index (χ3v) is 8.33. The van der Waals surface area contributed by atoms with Gasteiger partial charge in [-0.25, -0.2) is 12.8 Å². The molecule has 0 aromatic heterocycles. The largest absolute Gasteiger partial charge is 0.489 e. The summed E-state index contributed by atoms with van der Waals surface area (Å²) in [6.07, 6.45) is 4.88. The Balaban J connectivity index is 1.51. The van der Waals surface area contributed by atoms with Crippen molar-refractivity contribution in [2.24, 2.45) is 0 Å². The average Bonchev–Trinajstić information content (AvgIpc) is 3.47. The minimum absolute atomic E-state index is 0.0161. The molecule has 0 aliphatic heterocycles. The summed E-state index contributed by atoms with van der Waals surface area (Å²) in [5.74, 6) is -0.734. The summed E-state index contributed by atoms with van der Waals surface area (Å²) in [4.78, 5) is 28.2. The summed E-state index contributed by atoms with van der Waals surface area (Å²) in [7, 11) is -3.86. The number of nitrogens with one attached hydrogen (secondary N) is 1. The third kappa shape index (κ3) is 8.53. The molecule has 1 N–H and O–H groups in total. The van der Waals surface area contributed by atoms with E-state index in [-0.39, 0.29) is 24.2 Å². The van der Waals surface area contributed by atoms with Crippen LogP contribution in [0.25, 0.3) is 0 Å². The molecule has 0 bridgehead atoms. The van der Waals surface area contributed by atoms with Crippen LogP contribution < -0.4 is 14.4 Å². The molecule has 0 heterocycles. The van der Waals surface area contributed by atoms with E-state index >= 15 is 0 Å². The van der Waals surface area contributed by atoms with Crippen molar-refractivity contribution in [3.05, 3.63) is 95.8 Å². The highest BCUT2D eigenvalue weighted by atomic mass is 32.2. The van der Waals surface area contributed by atoms with Crippen molar-refractivity contribution in [1.82, 2.24) is 10.2 Å². The molecule has 8 nitrogen and oxygen atoms in total. The van der Waals surface area contributed by atoms with E-state index in [0.29, 0.717) is 17.9 Å². The minimum Gasteiger partial charge on any atom is -0.489 e. The second-order valence-electron chi connectivity index (χ2n) is 10.4. The fourth-order valence-electron chi connectivity index (χ4n) is 4.82. The second kappa shape index (κ2) is 13.6. The molecular weight excluding hydrogens is 545 g/mol. The summed E-state index contributed by atoms with van der Waals surface area (Å²) in [6.45, 7) is 1.48. The normalized spacial score (nSPS) is 14.3. The summed E-state index contributed by atoms with van der Waals surface area (Å²) in [6, 6.07) is 20.9. The Morgan fingerprint density at radius 1 is 0.951 bits per heavy atom. The lowest BCUT2D eigenvalue weighted by molar-refractivity contribution is -0.139. The standard InChI is InChI=1S/C31H36FN3O5S/c1-23(31(37)33-27-10-6-7-11-27)34(20-24-12-14-26(32)15-13-24)30(36)21-35(41(2,38)39)28-16-18-29(19-17-28)40-22-25-8-4-3-5-9-25/h3-5,8-9,12-19,23,27H,6-7,10-11,20-22H2,1-2H3,(H,33,37). The van der Waals surface area contributed by atoms with E-state index in [1.807, 2.05) is 30.3 Å². The van der Waals surface area contributed by atoms with E-state index in [4.69, 9.17) is 4.74 Å². The molecule has 0 radical (unpaired) electrons. The van der Waals surface area contributed by atoms with Gasteiger partial charge in [0.15, 0.2) is 0 Å². The van der Waals surface area contributed by atoms with Gasteiger partial charge in [0.25, 0.3) is 0 Å². The summed E-state index contributed by atoms with van der Waals surface area (Å²) < 4.78 is 46.0. The number of sulfonamides is 1. The molecule has 1 saturated carbocycles. The van der Waals surface area contributed by atoms with Gasteiger partial charge in [-0.3, -0.25) is 13.9 Å². The molecule has 41 heavy (non-hydrogen) atoms. The third-order valence-electron chi connectivity index (χ3n) is 7.19. The Kier molecular flexibility index (Phi) is 9.99. The first-order chi connectivity index (χ1) is 19.6. The highest BCUT2D eigenvalue weighted by Gasteiger charge is 2.31. The highest BCUT2D eigenvalue weighted by Crippen LogP contribution is 2.24. The lowest BCUT2D eigenvalue weighted by Crippen LogP contribution is -2.52. The Labute approximate surface area is 241 Å². The van der Waals surface area contributed by atoms with Crippen LogP contribution >= 0.6 is 0 Å². The average molecular weight is 582 g/mol. The van der Waals surface area contributed by atoms with Crippen LogP contribution in [0.15, 0.2) is 78.9 Å². The quantitative estimate of drug-likeness (QED) is 0.336. The first kappa shape index (κ1) is 30.0. The molecule has 1 fully saturated rings. The number of rotatable bonds is 12. The predicted octanol–water partition coefficient (Wildman–Crippen LogP) is 4.65. The maximum absolute atomic E-state index is 13.7. The molecule has 3 aromatic rings. The van der Waals surface area contributed by atoms with Crippen LogP contribution in [0, 0.1) is 5.82 Å². The van der Waals surface area contributed by atoms with Gasteiger partial charge < -0.3 is 15.0 Å². The van der Waals surface area contributed by atoms with Crippen molar-refractivity contribution in [3.63, 3.8) is 0 Å². The van der Waals surface area contributed by atoms with Crippen molar-refractivity contribution in [3.8, 4) is 5.75 Å². The van der Waals surface area contributed by atoms with Crippen molar-refractivity contribution in [2.45, 2.75) is 57.8 Å². The van der Waals surface area contributed by atoms with Gasteiger partial charge in [-0.15, -0.1) is 0 Å². The molecular formula is C31H36FN3O5S. The lowest BCUT2D eigenvalue weighted by atomic mass is 10.1. The van der Waals surface area contributed by atoms with Crippen LogP contribution in [0.2, 0.25) is 0 Å². The van der Waals surface area contributed by atoms with Gasteiger partial charge in [-0.1, -0.05) is 55.3 Å². The Bertz CT molecular complexity index is 1410. The molecule has 0 spiro atoms. The number of carbonyl (C=O) groups excluding carboxylic acids is 2. The van der Waals surface area contributed by atoms with Crippen LogP contribution in [0.3, 0.4) is 0 Å². The smallest absolute Gasteiger partial charge is 0.244 e. The SMILES string of the molecule is CC(C(=O)NC1CCCC1)N(Cc1ccc(F)cc1)C(=O)CN(c1ccc(OCc2ccccc2)cc1)S(C)(=O)=O. The molecule has 1 aliphatic rings. The van der Waals surface area contributed by atoms with Gasteiger partial charge in [0, 0.05) is 12.6 Å². The van der Waals surface area contributed by atoms with E-state index in [1.165, 1.54) is 17.0 Å². The zero-order valence-electron chi connectivity index (χ0n) is 23.3. The molecule has 4 rings (SSSR count). The van der Waals surface area contributed by atoms with Gasteiger partial charge in [0.05, 0.1) is 11.9 Å². The zero-order valence-corrected chi connectivity index (χ0v) is 24.1. The zero-order chi connectivity index (χ0) is 29.4. The molecule has 1 atom stereocenters. The number of anilines is 1. The topological polar surface area (TPSA) is 96.0 Å². The fourth-order valence-corrected chi connectivity index (χ4v) is 5.67. The maximum Gasteiger partial charge on any atom is 0.244 e. The summed E-state index contributed by atoms with van der Waals surface area (Å²) in [5, 5.41) is 3.02. The van der Waals surface area contributed by atoms with Crippen LogP contribution in [0.5, 0.6) is 5.75 Å². The second-order valence-corrected chi connectivity index (χ2v) is 12.3. The van der Waals surface area contributed by atoms with Crippen LogP contribution in [-0.4, -0.2) is 50.0 Å². The van der Waals surface area contributed by atoms with Gasteiger partial charge in [-0.2, -0.15) is 0 Å². The summed E-state index contributed by atoms with van der Waals surface area (Å²) >= 11 is 0. The molecule has 1 aliphatic carbocycles. The molecule has 218 valence electrons. The maximum atomic E-state index is 13.7. The molecule has 0 saturated heterocycles. The highest BCUT2D eigenvalue weighted by molar-refractivity contribution is 7.92. The molecule has 10 heteroatoms. The van der Waals surface area contributed by atoms with Crippen molar-refractivity contribution < 1.29 is 27.1 Å². The van der Waals surface area contributed by atoms with E-state index in [1.54, 1.807) is 43.3 Å².